The van der Waals surface area contributed by atoms with E-state index in [1.165, 1.54) is 51.9 Å². The van der Waals surface area contributed by atoms with Gasteiger partial charge in [0.15, 0.2) is 0 Å². The fourth-order valence-corrected chi connectivity index (χ4v) is 4.26. The van der Waals surface area contributed by atoms with E-state index in [1.54, 1.807) is 0 Å². The van der Waals surface area contributed by atoms with Crippen molar-refractivity contribution in [3.8, 4) is 0 Å². The maximum atomic E-state index is 4.81. The van der Waals surface area contributed by atoms with Gasteiger partial charge in [0, 0.05) is 36.4 Å². The van der Waals surface area contributed by atoms with Gasteiger partial charge < -0.3 is 9.47 Å². The standard InChI is InChI=1S/C21H23N3/c1-14-15(2)24(18-7-8-18)19-9-11-22-21(20(14)19)23-12-10-16-5-3-4-6-17(16)13-23/h3-6,9,11,18H,7-8,10,12-13H2,1-2H3. The van der Waals surface area contributed by atoms with Crippen LogP contribution in [-0.2, 0) is 13.0 Å². The second kappa shape index (κ2) is 5.10. The second-order valence-electron chi connectivity index (χ2n) is 7.28. The lowest BCUT2D eigenvalue weighted by Crippen LogP contribution is -2.31. The summed E-state index contributed by atoms with van der Waals surface area (Å²) < 4.78 is 2.55. The van der Waals surface area contributed by atoms with Crippen LogP contribution in [0.3, 0.4) is 0 Å². The van der Waals surface area contributed by atoms with Crippen molar-refractivity contribution in [2.24, 2.45) is 0 Å². The first-order valence-corrected chi connectivity index (χ1v) is 9.02. The van der Waals surface area contributed by atoms with E-state index in [2.05, 4.69) is 53.6 Å². The zero-order chi connectivity index (χ0) is 16.3. The van der Waals surface area contributed by atoms with Crippen molar-refractivity contribution in [3.63, 3.8) is 0 Å². The molecular formula is C21H23N3. The Morgan fingerprint density at radius 3 is 2.62 bits per heavy atom. The third-order valence-electron chi connectivity index (χ3n) is 5.79. The van der Waals surface area contributed by atoms with Crippen LogP contribution in [-0.4, -0.2) is 16.1 Å². The molecule has 1 fully saturated rings. The van der Waals surface area contributed by atoms with Gasteiger partial charge in [-0.25, -0.2) is 4.98 Å². The monoisotopic (exact) mass is 317 g/mol. The molecule has 0 radical (unpaired) electrons. The van der Waals surface area contributed by atoms with E-state index in [0.717, 1.165) is 19.5 Å². The highest BCUT2D eigenvalue weighted by Crippen LogP contribution is 2.43. The molecule has 0 amide bonds. The Morgan fingerprint density at radius 2 is 1.83 bits per heavy atom. The van der Waals surface area contributed by atoms with Gasteiger partial charge in [0.1, 0.15) is 5.82 Å². The van der Waals surface area contributed by atoms with Crippen LogP contribution >= 0.6 is 0 Å². The number of anilines is 1. The normalized spacial score (nSPS) is 17.3. The zero-order valence-electron chi connectivity index (χ0n) is 14.4. The number of fused-ring (bicyclic) bond motifs is 2. The van der Waals surface area contributed by atoms with Crippen molar-refractivity contribution in [1.29, 1.82) is 0 Å². The first-order valence-electron chi connectivity index (χ1n) is 9.02. The molecule has 0 N–H and O–H groups in total. The smallest absolute Gasteiger partial charge is 0.138 e. The van der Waals surface area contributed by atoms with Crippen molar-refractivity contribution in [1.82, 2.24) is 9.55 Å². The Labute approximate surface area is 142 Å². The van der Waals surface area contributed by atoms with Crippen molar-refractivity contribution in [2.75, 3.05) is 11.4 Å². The van der Waals surface area contributed by atoms with Crippen LogP contribution in [0.4, 0.5) is 5.82 Å². The number of rotatable bonds is 2. The number of nitrogens with zero attached hydrogens (tertiary/aromatic N) is 3. The van der Waals surface area contributed by atoms with Crippen LogP contribution in [0.1, 0.15) is 41.3 Å². The highest BCUT2D eigenvalue weighted by Gasteiger charge is 2.29. The molecule has 0 atom stereocenters. The molecule has 0 saturated heterocycles. The highest BCUT2D eigenvalue weighted by atomic mass is 15.2. The maximum absolute atomic E-state index is 4.81. The number of pyridine rings is 1. The highest BCUT2D eigenvalue weighted by molar-refractivity contribution is 5.95. The minimum absolute atomic E-state index is 0.707. The molecule has 0 unspecified atom stereocenters. The topological polar surface area (TPSA) is 21.1 Å². The number of benzene rings is 1. The van der Waals surface area contributed by atoms with E-state index in [4.69, 9.17) is 4.98 Å². The Balaban J connectivity index is 1.64. The van der Waals surface area contributed by atoms with Crippen molar-refractivity contribution in [2.45, 2.75) is 45.7 Å². The van der Waals surface area contributed by atoms with Gasteiger partial charge in [0.25, 0.3) is 0 Å². The summed E-state index contributed by atoms with van der Waals surface area (Å²) in [5.41, 5.74) is 7.12. The molecule has 0 bridgehead atoms. The van der Waals surface area contributed by atoms with E-state index in [1.807, 2.05) is 6.20 Å². The van der Waals surface area contributed by atoms with Gasteiger partial charge in [-0.05, 0) is 55.9 Å². The van der Waals surface area contributed by atoms with Crippen LogP contribution in [0, 0.1) is 13.8 Å². The number of hydrogen-bond acceptors (Lipinski definition) is 2. The van der Waals surface area contributed by atoms with Crippen molar-refractivity contribution < 1.29 is 0 Å². The summed E-state index contributed by atoms with van der Waals surface area (Å²) in [7, 11) is 0. The third kappa shape index (κ3) is 2.00. The molecule has 3 heterocycles. The summed E-state index contributed by atoms with van der Waals surface area (Å²) in [5, 5.41) is 1.36. The maximum Gasteiger partial charge on any atom is 0.138 e. The molecule has 3 heteroatoms. The van der Waals surface area contributed by atoms with Gasteiger partial charge in [0.2, 0.25) is 0 Å². The first-order chi connectivity index (χ1) is 11.7. The fourth-order valence-electron chi connectivity index (χ4n) is 4.26. The molecule has 2 aliphatic rings. The van der Waals surface area contributed by atoms with Gasteiger partial charge in [-0.1, -0.05) is 24.3 Å². The van der Waals surface area contributed by atoms with Crippen molar-refractivity contribution >= 4 is 16.7 Å². The molecule has 24 heavy (non-hydrogen) atoms. The summed E-state index contributed by atoms with van der Waals surface area (Å²) in [6.45, 7) is 6.55. The predicted octanol–water partition coefficient (Wildman–Crippen LogP) is 4.55. The van der Waals surface area contributed by atoms with E-state index >= 15 is 0 Å². The fraction of sp³-hybridized carbons (Fsp3) is 0.381. The minimum Gasteiger partial charge on any atom is -0.351 e. The van der Waals surface area contributed by atoms with Crippen LogP contribution in [0.5, 0.6) is 0 Å². The Morgan fingerprint density at radius 1 is 1.04 bits per heavy atom. The molecule has 5 rings (SSSR count). The van der Waals surface area contributed by atoms with Gasteiger partial charge in [-0.3, -0.25) is 0 Å². The lowest BCUT2D eigenvalue weighted by molar-refractivity contribution is 0.723. The van der Waals surface area contributed by atoms with Gasteiger partial charge >= 0.3 is 0 Å². The molecule has 2 aromatic heterocycles. The van der Waals surface area contributed by atoms with Gasteiger partial charge in [0.05, 0.1) is 5.52 Å². The molecule has 3 aromatic rings. The van der Waals surface area contributed by atoms with Crippen molar-refractivity contribution in [3.05, 3.63) is 58.9 Å². The molecule has 1 saturated carbocycles. The van der Waals surface area contributed by atoms with Gasteiger partial charge in [-0.2, -0.15) is 0 Å². The number of hydrogen-bond donors (Lipinski definition) is 0. The Kier molecular flexibility index (Phi) is 2.99. The third-order valence-corrected chi connectivity index (χ3v) is 5.79. The molecular weight excluding hydrogens is 294 g/mol. The second-order valence-corrected chi connectivity index (χ2v) is 7.28. The SMILES string of the molecule is Cc1c(C)n(C2CC2)c2ccnc(N3CCc4ccccc4C3)c12. The first kappa shape index (κ1) is 14.1. The summed E-state index contributed by atoms with van der Waals surface area (Å²) in [6, 6.07) is 11.7. The minimum atomic E-state index is 0.707. The summed E-state index contributed by atoms with van der Waals surface area (Å²) in [4.78, 5) is 7.28. The van der Waals surface area contributed by atoms with E-state index < -0.39 is 0 Å². The van der Waals surface area contributed by atoms with Gasteiger partial charge in [-0.15, -0.1) is 0 Å². The molecule has 3 nitrogen and oxygen atoms in total. The Hall–Kier alpha value is -2.29. The Bertz CT molecular complexity index is 934. The molecule has 122 valence electrons. The number of aryl methyl sites for hydroxylation is 1. The summed E-state index contributed by atoms with van der Waals surface area (Å²) in [6.07, 6.45) is 5.74. The largest absolute Gasteiger partial charge is 0.351 e. The molecule has 1 aliphatic carbocycles. The summed E-state index contributed by atoms with van der Waals surface area (Å²) in [5.74, 6) is 1.17. The van der Waals surface area contributed by atoms with E-state index in [9.17, 15) is 0 Å². The van der Waals surface area contributed by atoms with E-state index in [0.29, 0.717) is 6.04 Å². The number of aromatic nitrogens is 2. The average molecular weight is 317 g/mol. The summed E-state index contributed by atoms with van der Waals surface area (Å²) >= 11 is 0. The van der Waals surface area contributed by atoms with Crippen LogP contribution in [0.2, 0.25) is 0 Å². The lowest BCUT2D eigenvalue weighted by Gasteiger charge is -2.30. The lowest BCUT2D eigenvalue weighted by atomic mass is 9.99. The molecule has 1 aromatic carbocycles. The van der Waals surface area contributed by atoms with Crippen LogP contribution in [0.15, 0.2) is 36.5 Å². The van der Waals surface area contributed by atoms with Crippen LogP contribution in [0.25, 0.3) is 10.9 Å². The van der Waals surface area contributed by atoms with E-state index in [-0.39, 0.29) is 0 Å². The molecule has 0 spiro atoms. The quantitative estimate of drug-likeness (QED) is 0.691. The average Bonchev–Trinajstić information content (AvgIpc) is 3.42. The van der Waals surface area contributed by atoms with Crippen LogP contribution < -0.4 is 4.90 Å². The predicted molar refractivity (Wildman–Crippen MR) is 98.7 cm³/mol. The molecule has 1 aliphatic heterocycles. The zero-order valence-corrected chi connectivity index (χ0v) is 14.4.